The lowest BCUT2D eigenvalue weighted by Crippen LogP contribution is -2.55. The second kappa shape index (κ2) is 8.95. The van der Waals surface area contributed by atoms with Gasteiger partial charge >= 0.3 is 6.03 Å². The fraction of sp³-hybridized carbons (Fsp3) is 0.455. The van der Waals surface area contributed by atoms with Crippen molar-refractivity contribution < 1.29 is 9.53 Å². The van der Waals surface area contributed by atoms with E-state index in [0.29, 0.717) is 30.5 Å². The first kappa shape index (κ1) is 20.0. The van der Waals surface area contributed by atoms with Gasteiger partial charge < -0.3 is 19.9 Å². The molecule has 150 valence electrons. The SMILES string of the molecule is Cc1cccc(N2CCN(C(=O)Nc3ccccc3OCC(C)C)[C@H](C)C2)n1. The molecular weight excluding hydrogens is 352 g/mol. The lowest BCUT2D eigenvalue weighted by atomic mass is 10.2. The highest BCUT2D eigenvalue weighted by Gasteiger charge is 2.28. The number of benzene rings is 1. The molecule has 2 heterocycles. The number of hydrogen-bond donors (Lipinski definition) is 1. The zero-order valence-electron chi connectivity index (χ0n) is 17.2. The van der Waals surface area contributed by atoms with Crippen LogP contribution in [0.4, 0.5) is 16.3 Å². The number of urea groups is 1. The first-order valence-electron chi connectivity index (χ1n) is 9.92. The molecule has 1 fully saturated rings. The van der Waals surface area contributed by atoms with Crippen LogP contribution in [0, 0.1) is 12.8 Å². The summed E-state index contributed by atoms with van der Waals surface area (Å²) in [5.41, 5.74) is 1.71. The predicted octanol–water partition coefficient (Wildman–Crippen LogP) is 4.17. The molecule has 0 radical (unpaired) electrons. The summed E-state index contributed by atoms with van der Waals surface area (Å²) in [6, 6.07) is 13.6. The summed E-state index contributed by atoms with van der Waals surface area (Å²) in [7, 11) is 0. The first-order chi connectivity index (χ1) is 13.4. The maximum absolute atomic E-state index is 12.9. The average Bonchev–Trinajstić information content (AvgIpc) is 2.67. The van der Waals surface area contributed by atoms with Crippen LogP contribution < -0.4 is 15.0 Å². The maximum atomic E-state index is 12.9. The van der Waals surface area contributed by atoms with Crippen molar-refractivity contribution in [1.82, 2.24) is 9.88 Å². The molecule has 1 N–H and O–H groups in total. The van der Waals surface area contributed by atoms with Crippen molar-refractivity contribution in [1.29, 1.82) is 0 Å². The number of amides is 2. The van der Waals surface area contributed by atoms with Crippen LogP contribution in [-0.4, -0.2) is 48.2 Å². The van der Waals surface area contributed by atoms with Gasteiger partial charge in [0.2, 0.25) is 0 Å². The molecule has 0 unspecified atom stereocenters. The average molecular weight is 383 g/mol. The molecule has 0 bridgehead atoms. The smallest absolute Gasteiger partial charge is 0.322 e. The van der Waals surface area contributed by atoms with Crippen LogP contribution >= 0.6 is 0 Å². The third-order valence-corrected chi connectivity index (χ3v) is 4.79. The molecule has 0 spiro atoms. The summed E-state index contributed by atoms with van der Waals surface area (Å²) in [4.78, 5) is 21.6. The summed E-state index contributed by atoms with van der Waals surface area (Å²) in [5, 5.41) is 3.03. The van der Waals surface area contributed by atoms with Crippen molar-refractivity contribution in [2.45, 2.75) is 33.7 Å². The van der Waals surface area contributed by atoms with E-state index in [1.807, 2.05) is 54.3 Å². The molecule has 1 aliphatic heterocycles. The Kier molecular flexibility index (Phi) is 6.39. The quantitative estimate of drug-likeness (QED) is 0.843. The van der Waals surface area contributed by atoms with Crippen LogP contribution in [0.1, 0.15) is 26.5 Å². The second-order valence-electron chi connectivity index (χ2n) is 7.76. The van der Waals surface area contributed by atoms with Gasteiger partial charge in [0.15, 0.2) is 0 Å². The van der Waals surface area contributed by atoms with Gasteiger partial charge in [-0.2, -0.15) is 0 Å². The Morgan fingerprint density at radius 2 is 2.00 bits per heavy atom. The van der Waals surface area contributed by atoms with Crippen LogP contribution in [0.5, 0.6) is 5.75 Å². The van der Waals surface area contributed by atoms with Crippen LogP contribution in [0.2, 0.25) is 0 Å². The molecule has 1 aromatic heterocycles. The lowest BCUT2D eigenvalue weighted by molar-refractivity contribution is 0.184. The van der Waals surface area contributed by atoms with E-state index in [4.69, 9.17) is 4.74 Å². The number of hydrogen-bond acceptors (Lipinski definition) is 4. The largest absolute Gasteiger partial charge is 0.491 e. The number of nitrogens with zero attached hydrogens (tertiary/aromatic N) is 3. The number of nitrogens with one attached hydrogen (secondary N) is 1. The molecule has 1 aliphatic rings. The van der Waals surface area contributed by atoms with E-state index in [1.165, 1.54) is 0 Å². The number of carbonyl (C=O) groups is 1. The van der Waals surface area contributed by atoms with Gasteiger partial charge in [0.05, 0.1) is 12.3 Å². The van der Waals surface area contributed by atoms with Gasteiger partial charge in [-0.25, -0.2) is 9.78 Å². The monoisotopic (exact) mass is 382 g/mol. The third kappa shape index (κ3) is 4.94. The van der Waals surface area contributed by atoms with Crippen molar-refractivity contribution >= 4 is 17.5 Å². The fourth-order valence-electron chi connectivity index (χ4n) is 3.31. The number of piperazine rings is 1. The standard InChI is InChI=1S/C22H30N4O2/c1-16(2)15-28-20-10-6-5-9-19(20)24-22(27)26-13-12-25(14-18(26)4)21-11-7-8-17(3)23-21/h5-11,16,18H,12-15H2,1-4H3,(H,24,27)/t18-/m1/s1. The highest BCUT2D eigenvalue weighted by Crippen LogP contribution is 2.25. The van der Waals surface area contributed by atoms with Gasteiger partial charge in [-0.05, 0) is 44.0 Å². The van der Waals surface area contributed by atoms with E-state index in [9.17, 15) is 4.79 Å². The van der Waals surface area contributed by atoms with Gasteiger partial charge in [0, 0.05) is 31.4 Å². The molecule has 6 nitrogen and oxygen atoms in total. The molecule has 28 heavy (non-hydrogen) atoms. The van der Waals surface area contributed by atoms with Gasteiger partial charge in [-0.1, -0.05) is 32.0 Å². The number of carbonyl (C=O) groups excluding carboxylic acids is 1. The second-order valence-corrected chi connectivity index (χ2v) is 7.76. The molecule has 1 saturated heterocycles. The van der Waals surface area contributed by atoms with Gasteiger partial charge in [-0.15, -0.1) is 0 Å². The van der Waals surface area contributed by atoms with Crippen molar-refractivity contribution in [2.24, 2.45) is 5.92 Å². The van der Waals surface area contributed by atoms with Gasteiger partial charge in [0.25, 0.3) is 0 Å². The van der Waals surface area contributed by atoms with E-state index in [-0.39, 0.29) is 12.1 Å². The zero-order valence-corrected chi connectivity index (χ0v) is 17.2. The molecule has 2 amide bonds. The summed E-state index contributed by atoms with van der Waals surface area (Å²) in [6.07, 6.45) is 0. The Hall–Kier alpha value is -2.76. The zero-order chi connectivity index (χ0) is 20.1. The van der Waals surface area contributed by atoms with Gasteiger partial charge in [0.1, 0.15) is 11.6 Å². The van der Waals surface area contributed by atoms with E-state index in [2.05, 4.69) is 36.0 Å². The molecule has 0 aliphatic carbocycles. The van der Waals surface area contributed by atoms with E-state index in [0.717, 1.165) is 24.6 Å². The highest BCUT2D eigenvalue weighted by atomic mass is 16.5. The van der Waals surface area contributed by atoms with Crippen molar-refractivity contribution in [3.63, 3.8) is 0 Å². The molecule has 2 aromatic rings. The molecular formula is C22H30N4O2. The molecule has 1 aromatic carbocycles. The van der Waals surface area contributed by atoms with E-state index >= 15 is 0 Å². The minimum atomic E-state index is -0.0926. The number of aromatic nitrogens is 1. The molecule has 1 atom stereocenters. The summed E-state index contributed by atoms with van der Waals surface area (Å²) >= 11 is 0. The Morgan fingerprint density at radius 1 is 1.21 bits per heavy atom. The van der Waals surface area contributed by atoms with Crippen molar-refractivity contribution in [3.05, 3.63) is 48.2 Å². The van der Waals surface area contributed by atoms with E-state index < -0.39 is 0 Å². The molecule has 6 heteroatoms. The van der Waals surface area contributed by atoms with Crippen LogP contribution in [0.25, 0.3) is 0 Å². The van der Waals surface area contributed by atoms with E-state index in [1.54, 1.807) is 0 Å². The Morgan fingerprint density at radius 3 is 2.71 bits per heavy atom. The number of ether oxygens (including phenoxy) is 1. The predicted molar refractivity (Wildman–Crippen MR) is 113 cm³/mol. The number of anilines is 2. The summed E-state index contributed by atoms with van der Waals surface area (Å²) in [5.74, 6) is 2.10. The van der Waals surface area contributed by atoms with Crippen molar-refractivity contribution in [2.75, 3.05) is 36.5 Å². The topological polar surface area (TPSA) is 57.7 Å². The van der Waals surface area contributed by atoms with Crippen LogP contribution in [0.3, 0.4) is 0 Å². The number of aryl methyl sites for hydroxylation is 1. The maximum Gasteiger partial charge on any atom is 0.322 e. The fourth-order valence-corrected chi connectivity index (χ4v) is 3.31. The van der Waals surface area contributed by atoms with Crippen LogP contribution in [0.15, 0.2) is 42.5 Å². The van der Waals surface area contributed by atoms with Crippen molar-refractivity contribution in [3.8, 4) is 5.75 Å². The first-order valence-corrected chi connectivity index (χ1v) is 9.92. The minimum absolute atomic E-state index is 0.0832. The Balaban J connectivity index is 1.63. The number of rotatable bonds is 5. The molecule has 0 saturated carbocycles. The Bertz CT molecular complexity index is 809. The number of para-hydroxylation sites is 2. The van der Waals surface area contributed by atoms with Crippen LogP contribution in [-0.2, 0) is 0 Å². The van der Waals surface area contributed by atoms with Gasteiger partial charge in [-0.3, -0.25) is 0 Å². The Labute approximate surface area is 167 Å². The highest BCUT2D eigenvalue weighted by molar-refractivity contribution is 5.91. The molecule has 3 rings (SSSR count). The number of pyridine rings is 1. The lowest BCUT2D eigenvalue weighted by Gasteiger charge is -2.40. The minimum Gasteiger partial charge on any atom is -0.491 e. The third-order valence-electron chi connectivity index (χ3n) is 4.79. The normalized spacial score (nSPS) is 17.0. The summed E-state index contributed by atoms with van der Waals surface area (Å²) < 4.78 is 5.85. The summed E-state index contributed by atoms with van der Waals surface area (Å²) in [6.45, 7) is 11.1.